The zero-order valence-electron chi connectivity index (χ0n) is 13.5. The number of aliphatic hydroxyl groups excluding tert-OH is 1. The Morgan fingerprint density at radius 2 is 2.00 bits per heavy atom. The molecule has 1 saturated heterocycles. The molecule has 3 aromatic rings. The van der Waals surface area contributed by atoms with E-state index in [0.717, 1.165) is 38.2 Å². The van der Waals surface area contributed by atoms with Crippen LogP contribution in [-0.4, -0.2) is 53.7 Å². The first-order valence-corrected chi connectivity index (χ1v) is 8.18. The van der Waals surface area contributed by atoms with Gasteiger partial charge in [0.2, 0.25) is 11.8 Å². The summed E-state index contributed by atoms with van der Waals surface area (Å²) >= 11 is 0. The Labute approximate surface area is 139 Å². The molecule has 1 aliphatic rings. The Balaban J connectivity index is 1.70. The minimum Gasteiger partial charge on any atom is -0.494 e. The molecule has 0 spiro atoms. The van der Waals surface area contributed by atoms with Gasteiger partial charge in [0.25, 0.3) is 0 Å². The van der Waals surface area contributed by atoms with Gasteiger partial charge >= 0.3 is 0 Å². The Kier molecular flexibility index (Phi) is 3.61. The maximum absolute atomic E-state index is 10.5. The van der Waals surface area contributed by atoms with Gasteiger partial charge in [-0.25, -0.2) is 9.97 Å². The average Bonchev–Trinajstić information content (AvgIpc) is 3.20. The normalized spacial score (nSPS) is 16.2. The quantitative estimate of drug-likeness (QED) is 0.753. The van der Waals surface area contributed by atoms with Gasteiger partial charge in [0.05, 0.1) is 28.9 Å². The van der Waals surface area contributed by atoms with E-state index in [2.05, 4.69) is 20.0 Å². The van der Waals surface area contributed by atoms with E-state index in [1.807, 2.05) is 13.1 Å². The zero-order chi connectivity index (χ0) is 16.7. The highest BCUT2D eigenvalue weighted by Gasteiger charge is 2.20. The summed E-state index contributed by atoms with van der Waals surface area (Å²) in [7, 11) is 0. The number of aromatic hydroxyl groups is 1. The Morgan fingerprint density at radius 1 is 1.21 bits per heavy atom. The zero-order valence-corrected chi connectivity index (χ0v) is 13.5. The number of aromatic nitrogens is 5. The molecule has 1 fully saturated rings. The molecular formula is C16H20N6O2. The van der Waals surface area contributed by atoms with Crippen molar-refractivity contribution in [2.24, 2.45) is 0 Å². The summed E-state index contributed by atoms with van der Waals surface area (Å²) in [5.41, 5.74) is 1.47. The van der Waals surface area contributed by atoms with Crippen LogP contribution in [0.15, 0.2) is 24.8 Å². The molecule has 2 N–H and O–H groups in total. The van der Waals surface area contributed by atoms with Crippen LogP contribution in [0.5, 0.6) is 5.88 Å². The van der Waals surface area contributed by atoms with Crippen molar-refractivity contribution in [2.45, 2.75) is 32.4 Å². The SMILES string of the molecule is CCn1cc(-n2cc3nc(N4CCC(O)CC4)ncc3c2O)cn1. The van der Waals surface area contributed by atoms with Crippen molar-refractivity contribution in [3.63, 3.8) is 0 Å². The number of aryl methyl sites for hydroxylation is 1. The van der Waals surface area contributed by atoms with E-state index in [-0.39, 0.29) is 12.0 Å². The van der Waals surface area contributed by atoms with Crippen molar-refractivity contribution >= 4 is 16.9 Å². The number of piperidine rings is 1. The van der Waals surface area contributed by atoms with Crippen LogP contribution in [0.3, 0.4) is 0 Å². The van der Waals surface area contributed by atoms with E-state index in [0.29, 0.717) is 16.9 Å². The fourth-order valence-electron chi connectivity index (χ4n) is 3.03. The third-order valence-corrected chi connectivity index (χ3v) is 4.50. The number of aliphatic hydroxyl groups is 1. The summed E-state index contributed by atoms with van der Waals surface area (Å²) in [4.78, 5) is 11.0. The van der Waals surface area contributed by atoms with Gasteiger partial charge in [0, 0.05) is 38.2 Å². The molecule has 4 heterocycles. The minimum atomic E-state index is -0.231. The molecule has 0 atom stereocenters. The highest BCUT2D eigenvalue weighted by Crippen LogP contribution is 2.29. The maximum Gasteiger partial charge on any atom is 0.225 e. The molecule has 0 unspecified atom stereocenters. The van der Waals surface area contributed by atoms with E-state index in [9.17, 15) is 10.2 Å². The largest absolute Gasteiger partial charge is 0.494 e. The van der Waals surface area contributed by atoms with E-state index in [1.54, 1.807) is 27.8 Å². The van der Waals surface area contributed by atoms with Gasteiger partial charge in [-0.15, -0.1) is 0 Å². The highest BCUT2D eigenvalue weighted by atomic mass is 16.3. The molecule has 4 rings (SSSR count). The number of fused-ring (bicyclic) bond motifs is 1. The molecule has 0 aromatic carbocycles. The van der Waals surface area contributed by atoms with Crippen LogP contribution >= 0.6 is 0 Å². The van der Waals surface area contributed by atoms with Gasteiger partial charge in [-0.2, -0.15) is 5.10 Å². The van der Waals surface area contributed by atoms with E-state index in [4.69, 9.17) is 0 Å². The summed E-state index contributed by atoms with van der Waals surface area (Å²) in [5, 5.41) is 24.9. The Bertz CT molecular complexity index is 863. The van der Waals surface area contributed by atoms with Crippen molar-refractivity contribution in [1.29, 1.82) is 0 Å². The Morgan fingerprint density at radius 3 is 2.71 bits per heavy atom. The number of rotatable bonds is 3. The van der Waals surface area contributed by atoms with Gasteiger partial charge in [-0.1, -0.05) is 0 Å². The highest BCUT2D eigenvalue weighted by molar-refractivity contribution is 5.85. The predicted octanol–water partition coefficient (Wildman–Crippen LogP) is 1.30. The number of hydrogen-bond acceptors (Lipinski definition) is 6. The minimum absolute atomic E-state index is 0.112. The van der Waals surface area contributed by atoms with Crippen molar-refractivity contribution in [2.75, 3.05) is 18.0 Å². The maximum atomic E-state index is 10.5. The van der Waals surface area contributed by atoms with Crippen LogP contribution in [0, 0.1) is 0 Å². The van der Waals surface area contributed by atoms with E-state index >= 15 is 0 Å². The van der Waals surface area contributed by atoms with Gasteiger partial charge in [0.15, 0.2) is 0 Å². The van der Waals surface area contributed by atoms with Crippen LogP contribution in [0.4, 0.5) is 5.95 Å². The first kappa shape index (κ1) is 14.9. The summed E-state index contributed by atoms with van der Waals surface area (Å²) in [6.45, 7) is 4.26. The lowest BCUT2D eigenvalue weighted by Crippen LogP contribution is -2.36. The fourth-order valence-corrected chi connectivity index (χ4v) is 3.03. The van der Waals surface area contributed by atoms with Crippen LogP contribution in [0.1, 0.15) is 19.8 Å². The fraction of sp³-hybridized carbons (Fsp3) is 0.438. The van der Waals surface area contributed by atoms with Crippen molar-refractivity contribution in [3.05, 3.63) is 24.8 Å². The lowest BCUT2D eigenvalue weighted by Gasteiger charge is -2.29. The van der Waals surface area contributed by atoms with Crippen LogP contribution in [0.25, 0.3) is 16.6 Å². The molecule has 24 heavy (non-hydrogen) atoms. The molecule has 1 aliphatic heterocycles. The molecule has 0 radical (unpaired) electrons. The van der Waals surface area contributed by atoms with E-state index < -0.39 is 0 Å². The molecular weight excluding hydrogens is 308 g/mol. The Hall–Kier alpha value is -2.61. The third-order valence-electron chi connectivity index (χ3n) is 4.50. The topological polar surface area (TPSA) is 92.2 Å². The second-order valence-electron chi connectivity index (χ2n) is 6.06. The smallest absolute Gasteiger partial charge is 0.225 e. The molecule has 0 aliphatic carbocycles. The average molecular weight is 328 g/mol. The molecule has 8 nitrogen and oxygen atoms in total. The lowest BCUT2D eigenvalue weighted by molar-refractivity contribution is 0.145. The molecule has 126 valence electrons. The van der Waals surface area contributed by atoms with E-state index in [1.165, 1.54) is 0 Å². The summed E-state index contributed by atoms with van der Waals surface area (Å²) in [6, 6.07) is 0. The van der Waals surface area contributed by atoms with Crippen LogP contribution in [0.2, 0.25) is 0 Å². The van der Waals surface area contributed by atoms with Crippen molar-refractivity contribution in [1.82, 2.24) is 24.3 Å². The molecule has 3 aromatic heterocycles. The standard InChI is InChI=1S/C16H20N6O2/c1-2-21-9-11(7-18-21)22-10-14-13(15(22)24)8-17-16(19-14)20-5-3-12(23)4-6-20/h7-10,12,23-24H,2-6H2,1H3. The first-order valence-electron chi connectivity index (χ1n) is 8.18. The third kappa shape index (κ3) is 2.48. The summed E-state index contributed by atoms with van der Waals surface area (Å²) in [6.07, 6.45) is 8.25. The van der Waals surface area contributed by atoms with Gasteiger partial charge < -0.3 is 15.1 Å². The molecule has 0 saturated carbocycles. The molecule has 8 heteroatoms. The van der Waals surface area contributed by atoms with Crippen molar-refractivity contribution in [3.8, 4) is 11.6 Å². The molecule has 0 bridgehead atoms. The molecule has 0 amide bonds. The van der Waals surface area contributed by atoms with Crippen LogP contribution in [-0.2, 0) is 6.54 Å². The lowest BCUT2D eigenvalue weighted by atomic mass is 10.1. The van der Waals surface area contributed by atoms with Gasteiger partial charge in [0.1, 0.15) is 0 Å². The number of nitrogens with zero attached hydrogens (tertiary/aromatic N) is 6. The van der Waals surface area contributed by atoms with Gasteiger partial charge in [-0.05, 0) is 19.8 Å². The van der Waals surface area contributed by atoms with Gasteiger partial charge in [-0.3, -0.25) is 9.25 Å². The van der Waals surface area contributed by atoms with Crippen molar-refractivity contribution < 1.29 is 10.2 Å². The second kappa shape index (κ2) is 5.79. The van der Waals surface area contributed by atoms with Crippen LogP contribution < -0.4 is 4.90 Å². The second-order valence-corrected chi connectivity index (χ2v) is 6.06. The monoisotopic (exact) mass is 328 g/mol. The predicted molar refractivity (Wildman–Crippen MR) is 89.4 cm³/mol. The number of hydrogen-bond donors (Lipinski definition) is 2. The number of anilines is 1. The summed E-state index contributed by atoms with van der Waals surface area (Å²) in [5.74, 6) is 0.747. The summed E-state index contributed by atoms with van der Waals surface area (Å²) < 4.78 is 3.47. The first-order chi connectivity index (χ1) is 11.7.